The molecule has 35 heavy (non-hydrogen) atoms. The minimum absolute atomic E-state index is 0.0303. The molecule has 4 rings (SSSR count). The van der Waals surface area contributed by atoms with Gasteiger partial charge in [-0.25, -0.2) is 5.01 Å². The van der Waals surface area contributed by atoms with Crippen LogP contribution in [0.3, 0.4) is 0 Å². The van der Waals surface area contributed by atoms with Crippen molar-refractivity contribution in [2.24, 2.45) is 5.10 Å². The largest absolute Gasteiger partial charge is 0.497 e. The van der Waals surface area contributed by atoms with Crippen LogP contribution in [0.4, 0.5) is 0 Å². The van der Waals surface area contributed by atoms with Crippen LogP contribution in [0, 0.1) is 13.8 Å². The summed E-state index contributed by atoms with van der Waals surface area (Å²) in [4.78, 5) is 39.6. The maximum absolute atomic E-state index is 13.0. The number of hydrazone groups is 1. The van der Waals surface area contributed by atoms with Gasteiger partial charge in [-0.3, -0.25) is 14.4 Å². The van der Waals surface area contributed by atoms with Gasteiger partial charge in [-0.15, -0.1) is 11.3 Å². The number of amides is 1. The lowest BCUT2D eigenvalue weighted by Gasteiger charge is -2.19. The molecule has 0 saturated carbocycles. The Kier molecular flexibility index (Phi) is 7.45. The first kappa shape index (κ1) is 24.4. The normalized spacial score (nSPS) is 15.1. The van der Waals surface area contributed by atoms with E-state index in [4.69, 9.17) is 13.9 Å². The Bertz CT molecular complexity index is 1240. The van der Waals surface area contributed by atoms with Crippen molar-refractivity contribution in [1.82, 2.24) is 5.01 Å². The van der Waals surface area contributed by atoms with Gasteiger partial charge in [0.15, 0.2) is 12.4 Å². The van der Waals surface area contributed by atoms with Crippen molar-refractivity contribution in [3.05, 3.63) is 75.4 Å². The number of benzene rings is 1. The number of carbonyl (C=O) groups excluding carboxylic acids is 3. The average molecular weight is 495 g/mol. The SMILES string of the molecule is COc1ccc(C2=NN(C(=O)COC(=O)CCC(=O)c3cc(C)sc3C)C(c3ccco3)C2)cc1. The Balaban J connectivity index is 1.38. The minimum atomic E-state index is -0.607. The zero-order valence-electron chi connectivity index (χ0n) is 19.8. The number of ketones is 1. The summed E-state index contributed by atoms with van der Waals surface area (Å²) in [5.41, 5.74) is 2.20. The van der Waals surface area contributed by atoms with Crippen molar-refractivity contribution in [2.75, 3.05) is 13.7 Å². The summed E-state index contributed by atoms with van der Waals surface area (Å²) in [7, 11) is 1.59. The Morgan fingerprint density at radius 3 is 2.54 bits per heavy atom. The monoisotopic (exact) mass is 494 g/mol. The Labute approximate surface area is 207 Å². The molecule has 0 N–H and O–H groups in total. The van der Waals surface area contributed by atoms with Gasteiger partial charge in [-0.1, -0.05) is 0 Å². The number of nitrogens with zero attached hydrogens (tertiary/aromatic N) is 2. The van der Waals surface area contributed by atoms with Crippen molar-refractivity contribution in [3.8, 4) is 5.75 Å². The molecule has 3 aromatic rings. The van der Waals surface area contributed by atoms with Crippen LogP contribution in [0.5, 0.6) is 5.75 Å². The molecule has 1 amide bonds. The molecule has 182 valence electrons. The smallest absolute Gasteiger partial charge is 0.306 e. The molecule has 1 atom stereocenters. The first-order valence-corrected chi connectivity index (χ1v) is 12.0. The van der Waals surface area contributed by atoms with Gasteiger partial charge in [0.2, 0.25) is 0 Å². The molecular formula is C26H26N2O6S. The van der Waals surface area contributed by atoms with Crippen LogP contribution in [0.1, 0.15) is 56.7 Å². The Morgan fingerprint density at radius 1 is 1.14 bits per heavy atom. The molecule has 0 spiro atoms. The van der Waals surface area contributed by atoms with E-state index in [9.17, 15) is 14.4 Å². The van der Waals surface area contributed by atoms with Crippen LogP contribution in [-0.2, 0) is 14.3 Å². The summed E-state index contributed by atoms with van der Waals surface area (Å²) in [6.07, 6.45) is 1.93. The lowest BCUT2D eigenvalue weighted by molar-refractivity contribution is -0.152. The number of rotatable bonds is 9. The van der Waals surface area contributed by atoms with E-state index < -0.39 is 24.5 Å². The molecule has 1 aliphatic rings. The molecule has 3 heterocycles. The van der Waals surface area contributed by atoms with Crippen molar-refractivity contribution < 1.29 is 28.3 Å². The number of hydrogen-bond donors (Lipinski definition) is 0. The van der Waals surface area contributed by atoms with Gasteiger partial charge in [0.25, 0.3) is 5.91 Å². The molecule has 0 bridgehead atoms. The highest BCUT2D eigenvalue weighted by atomic mass is 32.1. The fourth-order valence-electron chi connectivity index (χ4n) is 3.94. The lowest BCUT2D eigenvalue weighted by atomic mass is 10.0. The van der Waals surface area contributed by atoms with Gasteiger partial charge < -0.3 is 13.9 Å². The minimum Gasteiger partial charge on any atom is -0.497 e. The van der Waals surface area contributed by atoms with Gasteiger partial charge >= 0.3 is 5.97 Å². The third kappa shape index (κ3) is 5.68. The number of methoxy groups -OCH3 is 1. The molecule has 0 aliphatic carbocycles. The second-order valence-corrected chi connectivity index (χ2v) is 9.62. The zero-order chi connectivity index (χ0) is 24.9. The van der Waals surface area contributed by atoms with Gasteiger partial charge in [-0.05, 0) is 61.9 Å². The van der Waals surface area contributed by atoms with Crippen LogP contribution < -0.4 is 4.74 Å². The molecule has 1 aliphatic heterocycles. The summed E-state index contributed by atoms with van der Waals surface area (Å²) in [5.74, 6) is 0.117. The van der Waals surface area contributed by atoms with Gasteiger partial charge in [0.05, 0.1) is 25.5 Å². The summed E-state index contributed by atoms with van der Waals surface area (Å²) in [6.45, 7) is 3.35. The van der Waals surface area contributed by atoms with Gasteiger partial charge in [0, 0.05) is 28.2 Å². The molecule has 0 saturated heterocycles. The predicted octanol–water partition coefficient (Wildman–Crippen LogP) is 4.85. The Hall–Kier alpha value is -3.72. The molecule has 9 heteroatoms. The molecule has 0 radical (unpaired) electrons. The number of carbonyl (C=O) groups is 3. The summed E-state index contributed by atoms with van der Waals surface area (Å²) in [6, 6.07) is 12.3. The van der Waals surface area contributed by atoms with E-state index >= 15 is 0 Å². The number of aryl methyl sites for hydroxylation is 2. The second-order valence-electron chi connectivity index (χ2n) is 8.16. The highest BCUT2D eigenvalue weighted by molar-refractivity contribution is 7.12. The third-order valence-electron chi connectivity index (χ3n) is 5.71. The van der Waals surface area contributed by atoms with Crippen molar-refractivity contribution in [2.45, 2.75) is 39.2 Å². The van der Waals surface area contributed by atoms with E-state index in [0.717, 1.165) is 21.1 Å². The maximum Gasteiger partial charge on any atom is 0.306 e. The van der Waals surface area contributed by atoms with Crippen molar-refractivity contribution in [1.29, 1.82) is 0 Å². The highest BCUT2D eigenvalue weighted by Gasteiger charge is 2.35. The van der Waals surface area contributed by atoms with Gasteiger partial charge in [0.1, 0.15) is 17.6 Å². The van der Waals surface area contributed by atoms with E-state index in [0.29, 0.717) is 23.5 Å². The number of esters is 1. The molecule has 0 fully saturated rings. The maximum atomic E-state index is 13.0. The number of Topliss-reactive ketones (excluding diaryl/α,β-unsaturated/α-hetero) is 1. The predicted molar refractivity (Wildman–Crippen MR) is 131 cm³/mol. The first-order valence-electron chi connectivity index (χ1n) is 11.2. The van der Waals surface area contributed by atoms with E-state index in [2.05, 4.69) is 5.10 Å². The van der Waals surface area contributed by atoms with Crippen molar-refractivity contribution in [3.63, 3.8) is 0 Å². The summed E-state index contributed by atoms with van der Waals surface area (Å²) >= 11 is 1.55. The van der Waals surface area contributed by atoms with Crippen LogP contribution in [0.2, 0.25) is 0 Å². The van der Waals surface area contributed by atoms with Crippen LogP contribution in [0.25, 0.3) is 0 Å². The fraction of sp³-hybridized carbons (Fsp3) is 0.308. The van der Waals surface area contributed by atoms with E-state index in [-0.39, 0.29) is 18.6 Å². The van der Waals surface area contributed by atoms with E-state index in [1.54, 1.807) is 30.6 Å². The molecule has 1 unspecified atom stereocenters. The standard InChI is InChI=1S/C26H26N2O6S/c1-16-13-20(17(2)35-16)23(29)10-11-26(31)34-15-25(30)28-22(24-5-4-12-33-24)14-21(27-28)18-6-8-19(32-3)9-7-18/h4-9,12-13,22H,10-11,14-15H2,1-3H3. The van der Waals surface area contributed by atoms with E-state index in [1.165, 1.54) is 11.3 Å². The van der Waals surface area contributed by atoms with Gasteiger partial charge in [-0.2, -0.15) is 5.10 Å². The average Bonchev–Trinajstić information content (AvgIpc) is 3.60. The van der Waals surface area contributed by atoms with Crippen LogP contribution in [0.15, 0.2) is 58.2 Å². The third-order valence-corrected chi connectivity index (χ3v) is 6.68. The molecular weight excluding hydrogens is 468 g/mol. The number of furan rings is 1. The number of thiophene rings is 1. The van der Waals surface area contributed by atoms with Crippen LogP contribution in [-0.4, -0.2) is 42.1 Å². The quantitative estimate of drug-likeness (QED) is 0.312. The first-order chi connectivity index (χ1) is 16.9. The topological polar surface area (TPSA) is 98.4 Å². The van der Waals surface area contributed by atoms with E-state index in [1.807, 2.05) is 44.2 Å². The molecule has 1 aromatic carbocycles. The molecule has 2 aromatic heterocycles. The van der Waals surface area contributed by atoms with Crippen LogP contribution >= 0.6 is 11.3 Å². The summed E-state index contributed by atoms with van der Waals surface area (Å²) in [5, 5.41) is 5.81. The summed E-state index contributed by atoms with van der Waals surface area (Å²) < 4.78 is 15.9. The Morgan fingerprint density at radius 2 is 1.91 bits per heavy atom. The number of ether oxygens (including phenoxy) is 2. The van der Waals surface area contributed by atoms with Crippen molar-refractivity contribution >= 4 is 34.7 Å². The second kappa shape index (κ2) is 10.7. The highest BCUT2D eigenvalue weighted by Crippen LogP contribution is 2.33. The lowest BCUT2D eigenvalue weighted by Crippen LogP contribution is -2.31. The zero-order valence-corrected chi connectivity index (χ0v) is 20.6. The fourth-order valence-corrected chi connectivity index (χ4v) is 4.88. The number of hydrogen-bond acceptors (Lipinski definition) is 8. The molecule has 8 nitrogen and oxygen atoms in total.